The second-order valence-electron chi connectivity index (χ2n) is 3.23. The van der Waals surface area contributed by atoms with E-state index < -0.39 is 12.1 Å². The van der Waals surface area contributed by atoms with Crippen LogP contribution < -0.4 is 0 Å². The molecule has 0 aliphatic rings. The van der Waals surface area contributed by atoms with Crippen LogP contribution in [0.3, 0.4) is 0 Å². The van der Waals surface area contributed by atoms with Gasteiger partial charge in [0.1, 0.15) is 0 Å². The molecule has 0 bridgehead atoms. The molecule has 1 aromatic heterocycles. The molecule has 4 nitrogen and oxygen atoms in total. The van der Waals surface area contributed by atoms with Gasteiger partial charge in [-0.3, -0.25) is 0 Å². The number of carboxylic acids is 1. The monoisotopic (exact) mass is 275 g/mol. The van der Waals surface area contributed by atoms with Crippen LogP contribution in [0.4, 0.5) is 0 Å². The number of thioether (sulfide) groups is 1. The highest BCUT2D eigenvalue weighted by molar-refractivity contribution is 7.99. The maximum atomic E-state index is 10.8. The zero-order valence-electron chi connectivity index (χ0n) is 9.43. The fraction of sp³-hybridized carbons (Fsp3) is 0.455. The molecule has 1 N–H and O–H groups in total. The van der Waals surface area contributed by atoms with Crippen LogP contribution in [0.25, 0.3) is 0 Å². The molecule has 17 heavy (non-hydrogen) atoms. The average molecular weight is 276 g/mol. The number of hydrogen-bond donors (Lipinski definition) is 1. The summed E-state index contributed by atoms with van der Waals surface area (Å²) in [7, 11) is 0. The fourth-order valence-corrected chi connectivity index (χ4v) is 2.14. The van der Waals surface area contributed by atoms with Crippen molar-refractivity contribution in [3.63, 3.8) is 0 Å². The first-order valence-corrected chi connectivity index (χ1v) is 6.58. The van der Waals surface area contributed by atoms with Crippen molar-refractivity contribution < 1.29 is 14.6 Å². The van der Waals surface area contributed by atoms with Crippen molar-refractivity contribution in [3.05, 3.63) is 23.4 Å². The van der Waals surface area contributed by atoms with Crippen molar-refractivity contribution in [2.24, 2.45) is 0 Å². The molecule has 94 valence electrons. The van der Waals surface area contributed by atoms with E-state index in [0.29, 0.717) is 23.8 Å². The first kappa shape index (κ1) is 14.3. The molecule has 1 heterocycles. The van der Waals surface area contributed by atoms with Gasteiger partial charge < -0.3 is 9.84 Å². The number of ether oxygens (including phenoxy) is 1. The minimum Gasteiger partial charge on any atom is -0.479 e. The molecule has 1 aromatic rings. The van der Waals surface area contributed by atoms with Gasteiger partial charge in [0.05, 0.1) is 10.0 Å². The van der Waals surface area contributed by atoms with Crippen molar-refractivity contribution in [1.82, 2.24) is 4.98 Å². The minimum absolute atomic E-state index is 0.404. The van der Waals surface area contributed by atoms with E-state index in [4.69, 9.17) is 21.4 Å². The quantitative estimate of drug-likeness (QED) is 0.776. The molecule has 1 unspecified atom stereocenters. The Labute approximate surface area is 109 Å². The summed E-state index contributed by atoms with van der Waals surface area (Å²) in [6.07, 6.45) is 1.29. The summed E-state index contributed by atoms with van der Waals surface area (Å²) in [5.41, 5.74) is 0. The van der Waals surface area contributed by atoms with Gasteiger partial charge >= 0.3 is 5.97 Å². The normalized spacial score (nSPS) is 12.4. The van der Waals surface area contributed by atoms with Gasteiger partial charge in [0.25, 0.3) is 0 Å². The van der Waals surface area contributed by atoms with Gasteiger partial charge in [-0.2, -0.15) is 0 Å². The van der Waals surface area contributed by atoms with Crippen LogP contribution >= 0.6 is 23.4 Å². The van der Waals surface area contributed by atoms with Crippen LogP contribution in [-0.2, 0) is 9.53 Å². The Morgan fingerprint density at radius 1 is 1.65 bits per heavy atom. The fourth-order valence-electron chi connectivity index (χ4n) is 1.20. The molecule has 0 radical (unpaired) electrons. The van der Waals surface area contributed by atoms with Gasteiger partial charge in [0.15, 0.2) is 6.10 Å². The summed E-state index contributed by atoms with van der Waals surface area (Å²) in [5.74, 6) is -0.275. The Morgan fingerprint density at radius 2 is 2.41 bits per heavy atom. The summed E-state index contributed by atoms with van der Waals surface area (Å²) in [6, 6.07) is 3.57. The first-order valence-electron chi connectivity index (χ1n) is 5.22. The number of nitrogens with zero attached hydrogens (tertiary/aromatic N) is 1. The van der Waals surface area contributed by atoms with Crippen LogP contribution in [-0.4, -0.2) is 34.5 Å². The first-order chi connectivity index (χ1) is 8.13. The second-order valence-corrected chi connectivity index (χ2v) is 4.79. The summed E-state index contributed by atoms with van der Waals surface area (Å²) < 4.78 is 5.11. The Hall–Kier alpha value is -0.780. The van der Waals surface area contributed by atoms with Crippen LogP contribution in [0.5, 0.6) is 0 Å². The molecule has 0 spiro atoms. The van der Waals surface area contributed by atoms with Crippen molar-refractivity contribution >= 4 is 29.3 Å². The van der Waals surface area contributed by atoms with Gasteiger partial charge in [-0.15, -0.1) is 11.8 Å². The molecule has 0 saturated heterocycles. The summed E-state index contributed by atoms with van der Waals surface area (Å²) in [5, 5.41) is 10.3. The zero-order chi connectivity index (χ0) is 12.7. The minimum atomic E-state index is -0.920. The highest BCUT2D eigenvalue weighted by Crippen LogP contribution is 2.19. The third-order valence-corrected chi connectivity index (χ3v) is 3.17. The van der Waals surface area contributed by atoms with Gasteiger partial charge in [-0.25, -0.2) is 9.78 Å². The number of pyridine rings is 1. The van der Waals surface area contributed by atoms with Gasteiger partial charge in [-0.05, 0) is 25.5 Å². The smallest absolute Gasteiger partial charge is 0.332 e. The lowest BCUT2D eigenvalue weighted by atomic mass is 10.3. The third kappa shape index (κ3) is 5.39. The Morgan fingerprint density at radius 3 is 2.94 bits per heavy atom. The number of aromatic nitrogens is 1. The summed E-state index contributed by atoms with van der Waals surface area (Å²) in [6.45, 7) is 2.19. The Bertz CT molecular complexity index is 358. The maximum Gasteiger partial charge on any atom is 0.332 e. The standard InChI is InChI=1S/C11H14ClNO3S/c1-2-16-9(11(14)15)5-6-17-10-4-3-8(12)7-13-10/h3-4,7,9H,2,5-6H2,1H3,(H,14,15). The van der Waals surface area contributed by atoms with Crippen LogP contribution in [0, 0.1) is 0 Å². The molecular formula is C11H14ClNO3S. The number of halogens is 1. The van der Waals surface area contributed by atoms with Gasteiger partial charge in [0, 0.05) is 18.6 Å². The van der Waals surface area contributed by atoms with E-state index in [2.05, 4.69) is 4.98 Å². The molecule has 6 heteroatoms. The molecular weight excluding hydrogens is 262 g/mol. The SMILES string of the molecule is CCOC(CCSc1ccc(Cl)cn1)C(=O)O. The molecule has 0 fully saturated rings. The molecule has 0 aliphatic carbocycles. The van der Waals surface area contributed by atoms with E-state index in [1.54, 1.807) is 19.2 Å². The van der Waals surface area contributed by atoms with Crippen LogP contribution in [0.2, 0.25) is 5.02 Å². The predicted octanol–water partition coefficient (Wildman–Crippen LogP) is 2.71. The Kier molecular flexibility index (Phi) is 6.32. The average Bonchev–Trinajstić information content (AvgIpc) is 2.30. The summed E-state index contributed by atoms with van der Waals surface area (Å²) >= 11 is 7.20. The lowest BCUT2D eigenvalue weighted by Gasteiger charge is -2.11. The van der Waals surface area contributed by atoms with Gasteiger partial charge in [-0.1, -0.05) is 11.6 Å². The van der Waals surface area contributed by atoms with Crippen LogP contribution in [0.1, 0.15) is 13.3 Å². The van der Waals surface area contributed by atoms with Crippen molar-refractivity contribution in [2.45, 2.75) is 24.5 Å². The number of aliphatic carboxylic acids is 1. The topological polar surface area (TPSA) is 59.4 Å². The van der Waals surface area contributed by atoms with Crippen molar-refractivity contribution in [1.29, 1.82) is 0 Å². The van der Waals surface area contributed by atoms with E-state index in [1.807, 2.05) is 6.07 Å². The lowest BCUT2D eigenvalue weighted by molar-refractivity contribution is -0.150. The molecule has 0 saturated carbocycles. The lowest BCUT2D eigenvalue weighted by Crippen LogP contribution is -2.24. The molecule has 0 aromatic carbocycles. The van der Waals surface area contributed by atoms with E-state index in [9.17, 15) is 4.79 Å². The van der Waals surface area contributed by atoms with E-state index >= 15 is 0 Å². The third-order valence-electron chi connectivity index (χ3n) is 1.97. The van der Waals surface area contributed by atoms with E-state index in [0.717, 1.165) is 5.03 Å². The van der Waals surface area contributed by atoms with Gasteiger partial charge in [0.2, 0.25) is 0 Å². The Balaban J connectivity index is 2.35. The largest absolute Gasteiger partial charge is 0.479 e. The van der Waals surface area contributed by atoms with E-state index in [1.165, 1.54) is 11.8 Å². The number of carboxylic acid groups (broad SMARTS) is 1. The van der Waals surface area contributed by atoms with E-state index in [-0.39, 0.29) is 0 Å². The second kappa shape index (κ2) is 7.53. The number of rotatable bonds is 7. The number of carbonyl (C=O) groups is 1. The molecule has 0 amide bonds. The molecule has 0 aliphatic heterocycles. The highest BCUT2D eigenvalue weighted by Gasteiger charge is 2.16. The molecule has 1 atom stereocenters. The van der Waals surface area contributed by atoms with Crippen LogP contribution in [0.15, 0.2) is 23.4 Å². The van der Waals surface area contributed by atoms with Crippen molar-refractivity contribution in [3.8, 4) is 0 Å². The predicted molar refractivity (Wildman–Crippen MR) is 67.6 cm³/mol. The number of hydrogen-bond acceptors (Lipinski definition) is 4. The zero-order valence-corrected chi connectivity index (χ0v) is 11.0. The highest BCUT2D eigenvalue weighted by atomic mass is 35.5. The van der Waals surface area contributed by atoms with Crippen molar-refractivity contribution in [2.75, 3.05) is 12.4 Å². The summed E-state index contributed by atoms with van der Waals surface area (Å²) in [4.78, 5) is 14.9. The molecule has 1 rings (SSSR count). The maximum absolute atomic E-state index is 10.8.